The third kappa shape index (κ3) is 1.46. The van der Waals surface area contributed by atoms with Crippen molar-refractivity contribution in [3.8, 4) is 0 Å². The molecule has 1 heterocycles. The minimum atomic E-state index is -1.53. The molecule has 16 heavy (non-hydrogen) atoms. The summed E-state index contributed by atoms with van der Waals surface area (Å²) in [6.45, 7) is 3.40. The molecular formula is C11H16O5. The van der Waals surface area contributed by atoms with Gasteiger partial charge in [0.05, 0.1) is 7.11 Å². The van der Waals surface area contributed by atoms with E-state index in [9.17, 15) is 9.59 Å². The van der Waals surface area contributed by atoms with Crippen molar-refractivity contribution in [2.24, 2.45) is 0 Å². The predicted molar refractivity (Wildman–Crippen MR) is 53.6 cm³/mol. The molecule has 0 spiro atoms. The van der Waals surface area contributed by atoms with Gasteiger partial charge in [0.2, 0.25) is 0 Å². The van der Waals surface area contributed by atoms with E-state index in [2.05, 4.69) is 0 Å². The number of fused-ring (bicyclic) bond motifs is 1. The molecule has 0 amide bonds. The van der Waals surface area contributed by atoms with Gasteiger partial charge in [0.1, 0.15) is 6.10 Å². The molecule has 0 radical (unpaired) electrons. The van der Waals surface area contributed by atoms with Crippen molar-refractivity contribution in [2.75, 3.05) is 7.11 Å². The van der Waals surface area contributed by atoms with Crippen LogP contribution in [0.4, 0.5) is 0 Å². The summed E-state index contributed by atoms with van der Waals surface area (Å²) >= 11 is 0. The molecule has 1 saturated carbocycles. The molecule has 2 rings (SSSR count). The zero-order valence-electron chi connectivity index (χ0n) is 9.74. The quantitative estimate of drug-likeness (QED) is 0.490. The van der Waals surface area contributed by atoms with Crippen molar-refractivity contribution in [3.05, 3.63) is 0 Å². The zero-order chi connectivity index (χ0) is 12.0. The van der Waals surface area contributed by atoms with E-state index < -0.39 is 23.5 Å². The molecule has 0 bridgehead atoms. The number of carbonyl (C=O) groups excluding carboxylic acids is 2. The third-order valence-electron chi connectivity index (χ3n) is 3.06. The van der Waals surface area contributed by atoms with E-state index in [0.29, 0.717) is 12.8 Å². The molecule has 90 valence electrons. The number of ketones is 1. The fraction of sp³-hybridized carbons (Fsp3) is 0.818. The molecule has 1 aliphatic carbocycles. The number of rotatable bonds is 1. The number of ether oxygens (including phenoxy) is 3. The Bertz CT molecular complexity index is 325. The van der Waals surface area contributed by atoms with Crippen LogP contribution in [0.1, 0.15) is 33.1 Å². The monoisotopic (exact) mass is 228 g/mol. The Balaban J connectivity index is 2.41. The van der Waals surface area contributed by atoms with E-state index in [-0.39, 0.29) is 5.78 Å². The fourth-order valence-electron chi connectivity index (χ4n) is 2.47. The molecule has 1 aliphatic heterocycles. The summed E-state index contributed by atoms with van der Waals surface area (Å²) in [7, 11) is 1.25. The smallest absolute Gasteiger partial charge is 0.348 e. The second-order valence-corrected chi connectivity index (χ2v) is 4.65. The lowest BCUT2D eigenvalue weighted by atomic mass is 9.81. The van der Waals surface area contributed by atoms with Gasteiger partial charge in [-0.3, -0.25) is 4.79 Å². The maximum Gasteiger partial charge on any atom is 0.348 e. The summed E-state index contributed by atoms with van der Waals surface area (Å²) in [4.78, 5) is 23.8. The van der Waals surface area contributed by atoms with E-state index in [4.69, 9.17) is 14.2 Å². The van der Waals surface area contributed by atoms with E-state index in [1.165, 1.54) is 7.11 Å². The molecule has 0 aromatic heterocycles. The van der Waals surface area contributed by atoms with Crippen LogP contribution in [0, 0.1) is 0 Å². The Hall–Kier alpha value is -0.940. The van der Waals surface area contributed by atoms with Crippen LogP contribution in [0.2, 0.25) is 0 Å². The molecule has 5 nitrogen and oxygen atoms in total. The van der Waals surface area contributed by atoms with Crippen molar-refractivity contribution in [3.63, 3.8) is 0 Å². The molecule has 2 fully saturated rings. The minimum absolute atomic E-state index is 0.235. The average molecular weight is 228 g/mol. The standard InChI is InChI=1S/C11H16O5/c1-10(2)15-8-6-4-5-7(12)11(8,16-10)9(13)14-3/h8H,4-6H2,1-3H3/t8-,11+/m1/s1. The van der Waals surface area contributed by atoms with Gasteiger partial charge in [-0.1, -0.05) is 0 Å². The van der Waals surface area contributed by atoms with Crippen molar-refractivity contribution in [2.45, 2.75) is 50.6 Å². The first-order valence-electron chi connectivity index (χ1n) is 5.42. The second-order valence-electron chi connectivity index (χ2n) is 4.65. The zero-order valence-corrected chi connectivity index (χ0v) is 9.74. The first-order chi connectivity index (χ1) is 7.42. The highest BCUT2D eigenvalue weighted by molar-refractivity contribution is 6.09. The van der Waals surface area contributed by atoms with Crippen molar-refractivity contribution < 1.29 is 23.8 Å². The first-order valence-corrected chi connectivity index (χ1v) is 5.42. The SMILES string of the molecule is COC(=O)[C@@]12OC(C)(C)O[C@@H]1CCCC2=O. The Labute approximate surface area is 94.0 Å². The minimum Gasteiger partial charge on any atom is -0.466 e. The summed E-state index contributed by atoms with van der Waals surface area (Å²) in [6.07, 6.45) is 1.19. The number of esters is 1. The lowest BCUT2D eigenvalue weighted by Gasteiger charge is -2.31. The Kier molecular flexibility index (Phi) is 2.55. The van der Waals surface area contributed by atoms with E-state index >= 15 is 0 Å². The van der Waals surface area contributed by atoms with Crippen LogP contribution in [0.3, 0.4) is 0 Å². The molecule has 0 unspecified atom stereocenters. The average Bonchev–Trinajstić information content (AvgIpc) is 2.50. The summed E-state index contributed by atoms with van der Waals surface area (Å²) in [5, 5.41) is 0. The number of carbonyl (C=O) groups is 2. The molecule has 2 atom stereocenters. The Morgan fingerprint density at radius 2 is 2.19 bits per heavy atom. The summed E-state index contributed by atoms with van der Waals surface area (Å²) in [5.41, 5.74) is -1.53. The van der Waals surface area contributed by atoms with Gasteiger partial charge in [-0.15, -0.1) is 0 Å². The third-order valence-corrected chi connectivity index (χ3v) is 3.06. The lowest BCUT2D eigenvalue weighted by Crippen LogP contribution is -2.57. The highest BCUT2D eigenvalue weighted by atomic mass is 16.8. The molecular weight excluding hydrogens is 212 g/mol. The first kappa shape index (κ1) is 11.5. The molecule has 0 aromatic carbocycles. The normalized spacial score (nSPS) is 36.9. The molecule has 0 aromatic rings. The van der Waals surface area contributed by atoms with Crippen LogP contribution in [0.25, 0.3) is 0 Å². The van der Waals surface area contributed by atoms with Crippen LogP contribution >= 0.6 is 0 Å². The van der Waals surface area contributed by atoms with Crippen molar-refractivity contribution in [1.82, 2.24) is 0 Å². The predicted octanol–water partition coefficient (Wildman–Crippen LogP) is 0.803. The van der Waals surface area contributed by atoms with Gasteiger partial charge in [0, 0.05) is 6.42 Å². The van der Waals surface area contributed by atoms with E-state index in [1.807, 2.05) is 0 Å². The van der Waals surface area contributed by atoms with E-state index in [1.54, 1.807) is 13.8 Å². The maximum atomic E-state index is 12.0. The maximum absolute atomic E-state index is 12.0. The largest absolute Gasteiger partial charge is 0.466 e. The molecule has 5 heteroatoms. The van der Waals surface area contributed by atoms with Gasteiger partial charge in [-0.2, -0.15) is 0 Å². The Morgan fingerprint density at radius 3 is 2.81 bits per heavy atom. The number of methoxy groups -OCH3 is 1. The number of hydrogen-bond donors (Lipinski definition) is 0. The van der Waals surface area contributed by atoms with Gasteiger partial charge in [0.15, 0.2) is 11.6 Å². The topological polar surface area (TPSA) is 61.8 Å². The van der Waals surface area contributed by atoms with Crippen molar-refractivity contribution in [1.29, 1.82) is 0 Å². The van der Waals surface area contributed by atoms with Gasteiger partial charge >= 0.3 is 5.97 Å². The van der Waals surface area contributed by atoms with Crippen LogP contribution in [-0.4, -0.2) is 36.4 Å². The number of hydrogen-bond acceptors (Lipinski definition) is 5. The summed E-state index contributed by atoms with van der Waals surface area (Å²) in [6, 6.07) is 0. The van der Waals surface area contributed by atoms with E-state index in [0.717, 1.165) is 6.42 Å². The van der Waals surface area contributed by atoms with Gasteiger partial charge in [-0.25, -0.2) is 4.79 Å². The molecule has 0 N–H and O–H groups in total. The fourth-order valence-corrected chi connectivity index (χ4v) is 2.47. The second kappa shape index (κ2) is 3.53. The van der Waals surface area contributed by atoms with Crippen LogP contribution in [0.5, 0.6) is 0 Å². The lowest BCUT2D eigenvalue weighted by molar-refractivity contribution is -0.190. The van der Waals surface area contributed by atoms with Gasteiger partial charge in [0.25, 0.3) is 5.60 Å². The Morgan fingerprint density at radius 1 is 1.50 bits per heavy atom. The number of Topliss-reactive ketones (excluding diaryl/α,β-unsaturated/α-hetero) is 1. The highest BCUT2D eigenvalue weighted by Crippen LogP contribution is 2.43. The van der Waals surface area contributed by atoms with Crippen LogP contribution in [0.15, 0.2) is 0 Å². The summed E-state index contributed by atoms with van der Waals surface area (Å²) < 4.78 is 15.9. The van der Waals surface area contributed by atoms with Crippen molar-refractivity contribution >= 4 is 11.8 Å². The van der Waals surface area contributed by atoms with Crippen LogP contribution in [-0.2, 0) is 23.8 Å². The van der Waals surface area contributed by atoms with Gasteiger partial charge < -0.3 is 14.2 Å². The molecule has 2 aliphatic rings. The summed E-state index contributed by atoms with van der Waals surface area (Å²) in [5.74, 6) is -1.80. The highest BCUT2D eigenvalue weighted by Gasteiger charge is 2.64. The molecule has 1 saturated heterocycles. The van der Waals surface area contributed by atoms with Gasteiger partial charge in [-0.05, 0) is 26.7 Å². The van der Waals surface area contributed by atoms with Crippen LogP contribution < -0.4 is 0 Å².